The summed E-state index contributed by atoms with van der Waals surface area (Å²) in [6.45, 7) is 5.41. The predicted octanol–water partition coefficient (Wildman–Crippen LogP) is 3.23. The Labute approximate surface area is 172 Å². The molecule has 6 heteroatoms. The quantitative estimate of drug-likeness (QED) is 0.788. The Morgan fingerprint density at radius 3 is 2.34 bits per heavy atom. The van der Waals surface area contributed by atoms with Crippen LogP contribution >= 0.6 is 0 Å². The van der Waals surface area contributed by atoms with Crippen LogP contribution in [0.1, 0.15) is 35.7 Å². The van der Waals surface area contributed by atoms with E-state index in [1.54, 1.807) is 7.11 Å². The van der Waals surface area contributed by atoms with Gasteiger partial charge in [-0.3, -0.25) is 14.5 Å². The molecule has 1 fully saturated rings. The molecule has 1 saturated heterocycles. The molecule has 2 N–H and O–H groups in total. The molecule has 1 atom stereocenters. The summed E-state index contributed by atoms with van der Waals surface area (Å²) in [5.41, 5.74) is 2.46. The van der Waals surface area contributed by atoms with Gasteiger partial charge in [-0.2, -0.15) is 0 Å². The van der Waals surface area contributed by atoms with E-state index in [0.29, 0.717) is 0 Å². The second kappa shape index (κ2) is 9.56. The van der Waals surface area contributed by atoms with Gasteiger partial charge in [-0.25, -0.2) is 0 Å². The molecule has 154 valence electrons. The summed E-state index contributed by atoms with van der Waals surface area (Å²) in [6.07, 6.45) is 1.66. The number of benzene rings is 2. The Bertz CT molecular complexity index is 843. The fourth-order valence-corrected chi connectivity index (χ4v) is 3.61. The van der Waals surface area contributed by atoms with Crippen molar-refractivity contribution in [3.63, 3.8) is 0 Å². The van der Waals surface area contributed by atoms with Crippen molar-refractivity contribution in [1.82, 2.24) is 10.2 Å². The van der Waals surface area contributed by atoms with Gasteiger partial charge in [0.25, 0.3) is 5.91 Å². The number of carbonyl (C=O) groups excluding carboxylic acids is 2. The third kappa shape index (κ3) is 5.35. The molecule has 1 aliphatic heterocycles. The maximum absolute atomic E-state index is 12.6. The summed E-state index contributed by atoms with van der Waals surface area (Å²) < 4.78 is 5.14. The van der Waals surface area contributed by atoms with Crippen molar-refractivity contribution in [3.05, 3.63) is 59.7 Å². The fourth-order valence-electron chi connectivity index (χ4n) is 3.61. The average Bonchev–Trinajstić information content (AvgIpc) is 2.74. The Kier molecular flexibility index (Phi) is 6.88. The van der Waals surface area contributed by atoms with Crippen molar-refractivity contribution in [3.8, 4) is 5.75 Å². The summed E-state index contributed by atoms with van der Waals surface area (Å²) in [6, 6.07) is 14.8. The van der Waals surface area contributed by atoms with E-state index in [4.69, 9.17) is 4.74 Å². The van der Waals surface area contributed by atoms with Crippen LogP contribution in [0.25, 0.3) is 0 Å². The van der Waals surface area contributed by atoms with E-state index in [1.165, 1.54) is 0 Å². The van der Waals surface area contributed by atoms with E-state index in [-0.39, 0.29) is 23.9 Å². The van der Waals surface area contributed by atoms with Gasteiger partial charge in [-0.05, 0) is 62.6 Å². The van der Waals surface area contributed by atoms with Crippen LogP contribution < -0.4 is 15.4 Å². The van der Waals surface area contributed by atoms with E-state index >= 15 is 0 Å². The molecule has 1 unspecified atom stereocenters. The minimum atomic E-state index is -0.231. The molecule has 1 aliphatic rings. The number of rotatable bonds is 6. The zero-order valence-electron chi connectivity index (χ0n) is 17.3. The number of hydrogen-bond donors (Lipinski definition) is 2. The first-order valence-corrected chi connectivity index (χ1v) is 10.0. The lowest BCUT2D eigenvalue weighted by Crippen LogP contribution is -2.50. The normalized spacial score (nSPS) is 16.1. The number of likely N-dealkylation sites (tertiary alicyclic amines) is 1. The third-order valence-electron chi connectivity index (χ3n) is 5.54. The molecule has 3 rings (SSSR count). The Hall–Kier alpha value is -2.86. The first-order chi connectivity index (χ1) is 14.0. The molecule has 0 saturated carbocycles. The zero-order valence-corrected chi connectivity index (χ0v) is 17.3. The van der Waals surface area contributed by atoms with Gasteiger partial charge < -0.3 is 15.4 Å². The molecule has 0 bridgehead atoms. The molecular weight excluding hydrogens is 366 g/mol. The highest BCUT2D eigenvalue weighted by atomic mass is 16.5. The fraction of sp³-hybridized carbons (Fsp3) is 0.391. The molecule has 2 amide bonds. The highest BCUT2D eigenvalue weighted by Crippen LogP contribution is 2.18. The minimum Gasteiger partial charge on any atom is -0.497 e. The molecule has 1 heterocycles. The smallest absolute Gasteiger partial charge is 0.251 e. The van der Waals surface area contributed by atoms with Gasteiger partial charge in [0.2, 0.25) is 5.91 Å². The van der Waals surface area contributed by atoms with Crippen molar-refractivity contribution >= 4 is 17.5 Å². The highest BCUT2D eigenvalue weighted by Gasteiger charge is 2.27. The number of piperidine rings is 1. The number of amides is 2. The molecule has 6 nitrogen and oxygen atoms in total. The number of nitrogens with zero attached hydrogens (tertiary/aromatic N) is 1. The maximum Gasteiger partial charge on any atom is 0.251 e. The number of nitrogens with one attached hydrogen (secondary N) is 2. The Balaban J connectivity index is 1.48. The number of ether oxygens (including phenoxy) is 1. The first-order valence-electron chi connectivity index (χ1n) is 10.0. The van der Waals surface area contributed by atoms with E-state index in [1.807, 2.05) is 62.4 Å². The van der Waals surface area contributed by atoms with Gasteiger partial charge in [-0.15, -0.1) is 0 Å². The van der Waals surface area contributed by atoms with Crippen molar-refractivity contribution < 1.29 is 14.3 Å². The number of carbonyl (C=O) groups is 2. The third-order valence-corrected chi connectivity index (χ3v) is 5.54. The number of aryl methyl sites for hydroxylation is 1. The van der Waals surface area contributed by atoms with E-state index in [9.17, 15) is 9.59 Å². The van der Waals surface area contributed by atoms with Crippen LogP contribution in [0.15, 0.2) is 48.5 Å². The summed E-state index contributed by atoms with van der Waals surface area (Å²) in [7, 11) is 1.61. The van der Waals surface area contributed by atoms with Gasteiger partial charge in [0.1, 0.15) is 5.75 Å². The zero-order chi connectivity index (χ0) is 20.8. The van der Waals surface area contributed by atoms with Crippen LogP contribution in [0, 0.1) is 6.92 Å². The lowest BCUT2D eigenvalue weighted by atomic mass is 10.0. The Morgan fingerprint density at radius 2 is 1.72 bits per heavy atom. The molecular formula is C23H29N3O3. The largest absolute Gasteiger partial charge is 0.497 e. The summed E-state index contributed by atoms with van der Waals surface area (Å²) in [5.74, 6) is 0.704. The summed E-state index contributed by atoms with van der Waals surface area (Å²) in [5, 5.41) is 6.09. The van der Waals surface area contributed by atoms with Gasteiger partial charge >= 0.3 is 0 Å². The second-order valence-corrected chi connectivity index (χ2v) is 7.49. The molecule has 29 heavy (non-hydrogen) atoms. The van der Waals surface area contributed by atoms with Gasteiger partial charge in [0, 0.05) is 30.4 Å². The average molecular weight is 396 g/mol. The standard InChI is InChI=1S/C23H29N3O3/c1-16-6-4-5-7-21(16)23(28)25-19-12-14-26(15-13-19)17(2)22(27)24-18-8-10-20(29-3)11-9-18/h4-11,17,19H,12-15H2,1-3H3,(H,24,27)(H,25,28). The van der Waals surface area contributed by atoms with Crippen LogP contribution in [0.5, 0.6) is 5.75 Å². The van der Waals surface area contributed by atoms with Gasteiger partial charge in [0.15, 0.2) is 0 Å². The first kappa shape index (κ1) is 20.9. The lowest BCUT2D eigenvalue weighted by Gasteiger charge is -2.35. The monoisotopic (exact) mass is 395 g/mol. The van der Waals surface area contributed by atoms with Crippen molar-refractivity contribution in [1.29, 1.82) is 0 Å². The topological polar surface area (TPSA) is 70.7 Å². The summed E-state index contributed by atoms with van der Waals surface area (Å²) >= 11 is 0. The SMILES string of the molecule is COc1ccc(NC(=O)C(C)N2CCC(NC(=O)c3ccccc3C)CC2)cc1. The lowest BCUT2D eigenvalue weighted by molar-refractivity contribution is -0.121. The summed E-state index contributed by atoms with van der Waals surface area (Å²) in [4.78, 5) is 27.3. The Morgan fingerprint density at radius 1 is 1.07 bits per heavy atom. The van der Waals surface area contributed by atoms with E-state index in [0.717, 1.165) is 48.5 Å². The van der Waals surface area contributed by atoms with E-state index < -0.39 is 0 Å². The number of anilines is 1. The second-order valence-electron chi connectivity index (χ2n) is 7.49. The van der Waals surface area contributed by atoms with Crippen LogP contribution in [-0.2, 0) is 4.79 Å². The molecule has 0 radical (unpaired) electrons. The van der Waals surface area contributed by atoms with E-state index in [2.05, 4.69) is 15.5 Å². The number of hydrogen-bond acceptors (Lipinski definition) is 4. The van der Waals surface area contributed by atoms with Crippen LogP contribution in [0.3, 0.4) is 0 Å². The van der Waals surface area contributed by atoms with Crippen molar-refractivity contribution in [2.45, 2.75) is 38.8 Å². The van der Waals surface area contributed by atoms with Crippen molar-refractivity contribution in [2.75, 3.05) is 25.5 Å². The predicted molar refractivity (Wildman–Crippen MR) is 114 cm³/mol. The molecule has 2 aromatic rings. The maximum atomic E-state index is 12.6. The molecule has 2 aromatic carbocycles. The van der Waals surface area contributed by atoms with Crippen LogP contribution in [0.2, 0.25) is 0 Å². The van der Waals surface area contributed by atoms with Gasteiger partial charge in [0.05, 0.1) is 13.2 Å². The highest BCUT2D eigenvalue weighted by molar-refractivity contribution is 5.96. The number of methoxy groups -OCH3 is 1. The van der Waals surface area contributed by atoms with Gasteiger partial charge in [-0.1, -0.05) is 18.2 Å². The molecule has 0 aliphatic carbocycles. The molecule has 0 aromatic heterocycles. The van der Waals surface area contributed by atoms with Crippen LogP contribution in [-0.4, -0.2) is 49.0 Å². The van der Waals surface area contributed by atoms with Crippen LogP contribution in [0.4, 0.5) is 5.69 Å². The minimum absolute atomic E-state index is 0.0214. The molecule has 0 spiro atoms. The van der Waals surface area contributed by atoms with Crippen molar-refractivity contribution in [2.24, 2.45) is 0 Å².